The van der Waals surface area contributed by atoms with Gasteiger partial charge in [-0.2, -0.15) is 5.26 Å². The SMILES string of the molecule is CC(C)(C)N(CC#N)N=Nc1cccc(Cl)c1. The van der Waals surface area contributed by atoms with E-state index in [2.05, 4.69) is 16.4 Å². The van der Waals surface area contributed by atoms with E-state index in [0.717, 1.165) is 0 Å². The minimum Gasteiger partial charge on any atom is -0.259 e. The molecule has 4 nitrogen and oxygen atoms in total. The highest BCUT2D eigenvalue weighted by Gasteiger charge is 2.19. The molecule has 1 rings (SSSR count). The fourth-order valence-electron chi connectivity index (χ4n) is 1.11. The van der Waals surface area contributed by atoms with E-state index in [1.54, 1.807) is 17.1 Å². The molecular formula is C12H15ClN4. The Kier molecular flexibility index (Phi) is 4.47. The lowest BCUT2D eigenvalue weighted by molar-refractivity contribution is 0.151. The van der Waals surface area contributed by atoms with Crippen molar-refractivity contribution in [3.63, 3.8) is 0 Å². The van der Waals surface area contributed by atoms with Gasteiger partial charge in [-0.1, -0.05) is 22.9 Å². The minimum atomic E-state index is -0.238. The molecule has 90 valence electrons. The standard InChI is InChI=1S/C12H15ClN4/c1-12(2,3)17(8-7-14)16-15-11-6-4-5-10(13)9-11/h4-6,9H,8H2,1-3H3. The molecule has 17 heavy (non-hydrogen) atoms. The van der Waals surface area contributed by atoms with E-state index in [9.17, 15) is 0 Å². The fraction of sp³-hybridized carbons (Fsp3) is 0.417. The number of benzene rings is 1. The van der Waals surface area contributed by atoms with Gasteiger partial charge < -0.3 is 0 Å². The zero-order valence-corrected chi connectivity index (χ0v) is 10.9. The van der Waals surface area contributed by atoms with Crippen LogP contribution >= 0.6 is 11.6 Å². The fourth-order valence-corrected chi connectivity index (χ4v) is 1.30. The van der Waals surface area contributed by atoms with Gasteiger partial charge in [-0.25, -0.2) is 0 Å². The predicted molar refractivity (Wildman–Crippen MR) is 68.0 cm³/mol. The Bertz CT molecular complexity index is 443. The van der Waals surface area contributed by atoms with E-state index in [1.165, 1.54) is 0 Å². The largest absolute Gasteiger partial charge is 0.259 e. The minimum absolute atomic E-state index is 0.202. The van der Waals surface area contributed by atoms with Crippen molar-refractivity contribution in [2.75, 3.05) is 6.54 Å². The highest BCUT2D eigenvalue weighted by Crippen LogP contribution is 2.20. The summed E-state index contributed by atoms with van der Waals surface area (Å²) in [5.41, 5.74) is 0.433. The molecule has 0 aliphatic heterocycles. The first-order valence-corrected chi connectivity index (χ1v) is 5.63. The molecule has 0 aromatic heterocycles. The third kappa shape index (κ3) is 4.41. The second kappa shape index (κ2) is 5.65. The highest BCUT2D eigenvalue weighted by atomic mass is 35.5. The van der Waals surface area contributed by atoms with Crippen LogP contribution in [0.3, 0.4) is 0 Å². The van der Waals surface area contributed by atoms with Crippen LogP contribution in [0.5, 0.6) is 0 Å². The molecule has 0 spiro atoms. The summed E-state index contributed by atoms with van der Waals surface area (Å²) in [4.78, 5) is 0. The maximum atomic E-state index is 8.73. The third-order valence-corrected chi connectivity index (χ3v) is 2.31. The summed E-state index contributed by atoms with van der Waals surface area (Å²) in [5, 5.41) is 19.1. The monoisotopic (exact) mass is 250 g/mol. The molecule has 0 fully saturated rings. The van der Waals surface area contributed by atoms with Gasteiger partial charge in [0.25, 0.3) is 0 Å². The lowest BCUT2D eigenvalue weighted by Crippen LogP contribution is -2.37. The normalized spacial score (nSPS) is 11.5. The third-order valence-electron chi connectivity index (χ3n) is 2.07. The molecule has 0 unspecified atom stereocenters. The highest BCUT2D eigenvalue weighted by molar-refractivity contribution is 6.30. The molecule has 0 aliphatic carbocycles. The molecule has 0 heterocycles. The molecule has 0 saturated heterocycles. The van der Waals surface area contributed by atoms with Crippen molar-refractivity contribution in [2.45, 2.75) is 26.3 Å². The topological polar surface area (TPSA) is 51.8 Å². The van der Waals surface area contributed by atoms with E-state index in [1.807, 2.05) is 32.9 Å². The summed E-state index contributed by atoms with van der Waals surface area (Å²) in [6.45, 7) is 6.12. The Hall–Kier alpha value is -1.60. The van der Waals surface area contributed by atoms with E-state index >= 15 is 0 Å². The molecule has 0 radical (unpaired) electrons. The summed E-state index contributed by atoms with van der Waals surface area (Å²) >= 11 is 5.84. The molecule has 0 aliphatic rings. The van der Waals surface area contributed by atoms with E-state index in [0.29, 0.717) is 10.7 Å². The second-order valence-corrected chi connectivity index (χ2v) is 4.99. The molecule has 0 N–H and O–H groups in total. The van der Waals surface area contributed by atoms with Gasteiger partial charge in [0.2, 0.25) is 0 Å². The first-order chi connectivity index (χ1) is 7.93. The van der Waals surface area contributed by atoms with E-state index in [-0.39, 0.29) is 12.1 Å². The number of halogens is 1. The van der Waals surface area contributed by atoms with Gasteiger partial charge in [0.1, 0.15) is 6.54 Å². The Labute approximate surface area is 106 Å². The van der Waals surface area contributed by atoms with Crippen molar-refractivity contribution >= 4 is 17.3 Å². The van der Waals surface area contributed by atoms with Gasteiger partial charge in [-0.05, 0) is 39.0 Å². The van der Waals surface area contributed by atoms with Crippen LogP contribution in [0.15, 0.2) is 34.6 Å². The Morgan fingerprint density at radius 1 is 1.41 bits per heavy atom. The molecule has 0 bridgehead atoms. The van der Waals surface area contributed by atoms with Gasteiger partial charge in [-0.3, -0.25) is 5.01 Å². The number of rotatable bonds is 3. The number of hydrogen-bond donors (Lipinski definition) is 0. The van der Waals surface area contributed by atoms with E-state index in [4.69, 9.17) is 16.9 Å². The first-order valence-electron chi connectivity index (χ1n) is 5.25. The van der Waals surface area contributed by atoms with Crippen molar-refractivity contribution in [2.24, 2.45) is 10.3 Å². The maximum absolute atomic E-state index is 8.73. The second-order valence-electron chi connectivity index (χ2n) is 4.56. The van der Waals surface area contributed by atoms with Crippen LogP contribution in [-0.2, 0) is 0 Å². The number of nitrogens with zero attached hydrogens (tertiary/aromatic N) is 4. The summed E-state index contributed by atoms with van der Waals surface area (Å²) in [6, 6.07) is 9.18. The van der Waals surface area contributed by atoms with Crippen molar-refractivity contribution in [3.8, 4) is 6.07 Å². The number of hydrogen-bond acceptors (Lipinski definition) is 3. The van der Waals surface area contributed by atoms with Crippen LogP contribution < -0.4 is 0 Å². The Morgan fingerprint density at radius 3 is 2.65 bits per heavy atom. The quantitative estimate of drug-likeness (QED) is 0.463. The zero-order valence-electron chi connectivity index (χ0n) is 10.2. The van der Waals surface area contributed by atoms with Crippen LogP contribution in [0.4, 0.5) is 5.69 Å². The van der Waals surface area contributed by atoms with Gasteiger partial charge in [-0.15, -0.1) is 5.11 Å². The van der Waals surface area contributed by atoms with Gasteiger partial charge >= 0.3 is 0 Å². The van der Waals surface area contributed by atoms with Crippen molar-refractivity contribution in [1.82, 2.24) is 5.01 Å². The molecule has 0 saturated carbocycles. The average molecular weight is 251 g/mol. The summed E-state index contributed by atoms with van der Waals surface area (Å²) in [5.74, 6) is 0. The lowest BCUT2D eigenvalue weighted by atomic mass is 10.1. The Balaban J connectivity index is 2.84. The summed E-state index contributed by atoms with van der Waals surface area (Å²) in [7, 11) is 0. The predicted octanol–water partition coefficient (Wildman–Crippen LogP) is 3.96. The molecule has 1 aromatic rings. The molecule has 0 amide bonds. The van der Waals surface area contributed by atoms with Crippen molar-refractivity contribution < 1.29 is 0 Å². The van der Waals surface area contributed by atoms with Crippen molar-refractivity contribution in [3.05, 3.63) is 29.3 Å². The van der Waals surface area contributed by atoms with Crippen LogP contribution in [-0.4, -0.2) is 17.1 Å². The maximum Gasteiger partial charge on any atom is 0.125 e. The van der Waals surface area contributed by atoms with Crippen LogP contribution in [0.1, 0.15) is 20.8 Å². The van der Waals surface area contributed by atoms with Gasteiger partial charge in [0.15, 0.2) is 0 Å². The molecule has 5 heteroatoms. The van der Waals surface area contributed by atoms with Crippen LogP contribution in [0.25, 0.3) is 0 Å². The lowest BCUT2D eigenvalue weighted by Gasteiger charge is -2.29. The van der Waals surface area contributed by atoms with E-state index < -0.39 is 0 Å². The molecule has 0 atom stereocenters. The van der Waals surface area contributed by atoms with Gasteiger partial charge in [0.05, 0.1) is 17.3 Å². The number of nitriles is 1. The average Bonchev–Trinajstić information content (AvgIpc) is 2.22. The summed E-state index contributed by atoms with van der Waals surface area (Å²) < 4.78 is 0. The van der Waals surface area contributed by atoms with Gasteiger partial charge in [0, 0.05) is 5.02 Å². The first kappa shape index (κ1) is 13.5. The Morgan fingerprint density at radius 2 is 2.12 bits per heavy atom. The van der Waals surface area contributed by atoms with Crippen LogP contribution in [0, 0.1) is 11.3 Å². The smallest absolute Gasteiger partial charge is 0.125 e. The summed E-state index contributed by atoms with van der Waals surface area (Å²) in [6.07, 6.45) is 0. The molecular weight excluding hydrogens is 236 g/mol. The molecule has 1 aromatic carbocycles. The zero-order chi connectivity index (χ0) is 12.9. The van der Waals surface area contributed by atoms with Crippen LogP contribution in [0.2, 0.25) is 5.02 Å². The van der Waals surface area contributed by atoms with Crippen molar-refractivity contribution in [1.29, 1.82) is 5.26 Å².